The monoisotopic (exact) mass is 478 g/mol. The van der Waals surface area contributed by atoms with Crippen LogP contribution in [0.5, 0.6) is 5.75 Å². The van der Waals surface area contributed by atoms with Crippen LogP contribution in [-0.2, 0) is 9.53 Å². The molecule has 0 saturated carbocycles. The van der Waals surface area contributed by atoms with Crippen LogP contribution in [0.3, 0.4) is 0 Å². The summed E-state index contributed by atoms with van der Waals surface area (Å²) in [5.41, 5.74) is 2.77. The molecule has 186 valence electrons. The minimum absolute atomic E-state index is 0.131. The van der Waals surface area contributed by atoms with E-state index in [1.807, 2.05) is 69.4 Å². The molecule has 1 N–H and O–H groups in total. The predicted molar refractivity (Wildman–Crippen MR) is 134 cm³/mol. The molecule has 1 amide bonds. The number of hydrogen-bond donors (Lipinski definition) is 1. The normalized spacial score (nSPS) is 17.2. The Morgan fingerprint density at radius 2 is 1.94 bits per heavy atom. The summed E-state index contributed by atoms with van der Waals surface area (Å²) < 4.78 is 12.8. The van der Waals surface area contributed by atoms with E-state index in [9.17, 15) is 9.59 Å². The third kappa shape index (κ3) is 5.65. The van der Waals surface area contributed by atoms with E-state index in [2.05, 4.69) is 15.2 Å². The Morgan fingerprint density at radius 3 is 2.69 bits per heavy atom. The zero-order chi connectivity index (χ0) is 24.8. The third-order valence-electron chi connectivity index (χ3n) is 6.38. The van der Waals surface area contributed by atoms with Gasteiger partial charge in [0.2, 0.25) is 0 Å². The maximum atomic E-state index is 13.6. The summed E-state index contributed by atoms with van der Waals surface area (Å²) >= 11 is 0. The van der Waals surface area contributed by atoms with Gasteiger partial charge in [0.15, 0.2) is 11.4 Å². The summed E-state index contributed by atoms with van der Waals surface area (Å²) in [6, 6.07) is 13.4. The fraction of sp³-hybridized carbons (Fsp3) is 0.444. The molecule has 3 heterocycles. The second kappa shape index (κ2) is 11.4. The number of piperidine rings is 1. The maximum absolute atomic E-state index is 13.6. The first-order valence-corrected chi connectivity index (χ1v) is 12.4. The molecule has 2 atom stereocenters. The van der Waals surface area contributed by atoms with Gasteiger partial charge in [-0.2, -0.15) is 0 Å². The maximum Gasteiger partial charge on any atom is 0.310 e. The first-order valence-electron chi connectivity index (χ1n) is 12.4. The molecule has 3 aromatic rings. The first-order chi connectivity index (χ1) is 17.0. The Morgan fingerprint density at radius 1 is 1.14 bits per heavy atom. The van der Waals surface area contributed by atoms with E-state index < -0.39 is 0 Å². The minimum atomic E-state index is -0.246. The van der Waals surface area contributed by atoms with Crippen molar-refractivity contribution in [2.45, 2.75) is 39.7 Å². The molecule has 1 aliphatic rings. The van der Waals surface area contributed by atoms with Gasteiger partial charge in [0.1, 0.15) is 5.69 Å². The number of nitrogens with one attached hydrogen (secondary N) is 1. The van der Waals surface area contributed by atoms with Crippen LogP contribution in [-0.4, -0.2) is 59.0 Å². The Balaban J connectivity index is 1.57. The van der Waals surface area contributed by atoms with E-state index >= 15 is 0 Å². The molecule has 1 aromatic carbocycles. The van der Waals surface area contributed by atoms with E-state index in [0.717, 1.165) is 24.9 Å². The highest BCUT2D eigenvalue weighted by atomic mass is 16.5. The van der Waals surface area contributed by atoms with Gasteiger partial charge in [0.05, 0.1) is 30.9 Å². The minimum Gasteiger partial charge on any atom is -0.490 e. The van der Waals surface area contributed by atoms with Crippen molar-refractivity contribution in [2.24, 2.45) is 5.92 Å². The van der Waals surface area contributed by atoms with Crippen molar-refractivity contribution in [3.05, 3.63) is 65.6 Å². The Labute approximate surface area is 206 Å². The summed E-state index contributed by atoms with van der Waals surface area (Å²) in [5, 5.41) is 3.24. The molecule has 2 aromatic heterocycles. The molecular formula is C27H34N4O4. The standard InChI is InChI=1S/C27H34N4O4/c1-4-34-23-14-10-16-31-24(19(3)28-25(23)31)26(32)29-22(20-11-7-6-8-12-20)18-30-15-9-13-21(17-30)27(33)35-5-2/h6-8,10-12,14,16,21-22H,4-5,9,13,15,17-18H2,1-3H3,(H,29,32)/t21?,22-/m0/s1. The smallest absolute Gasteiger partial charge is 0.310 e. The van der Waals surface area contributed by atoms with Crippen molar-refractivity contribution in [3.63, 3.8) is 0 Å². The van der Waals surface area contributed by atoms with Crippen LogP contribution in [0.1, 0.15) is 54.5 Å². The van der Waals surface area contributed by atoms with Crippen LogP contribution in [0.4, 0.5) is 0 Å². The number of carbonyl (C=O) groups is 2. The lowest BCUT2D eigenvalue weighted by Gasteiger charge is -2.34. The Hall–Kier alpha value is -3.39. The molecule has 0 spiro atoms. The Kier molecular flexibility index (Phi) is 8.02. The molecule has 1 aliphatic heterocycles. The van der Waals surface area contributed by atoms with E-state index in [0.29, 0.717) is 49.1 Å². The van der Waals surface area contributed by atoms with Gasteiger partial charge in [-0.1, -0.05) is 30.3 Å². The number of imidazole rings is 1. The number of pyridine rings is 1. The van der Waals surface area contributed by atoms with Crippen molar-refractivity contribution < 1.29 is 19.1 Å². The number of esters is 1. The molecule has 8 nitrogen and oxygen atoms in total. The van der Waals surface area contributed by atoms with Crippen LogP contribution < -0.4 is 10.1 Å². The fourth-order valence-electron chi connectivity index (χ4n) is 4.78. The number of carbonyl (C=O) groups excluding carboxylic acids is 2. The van der Waals surface area contributed by atoms with Crippen molar-refractivity contribution >= 4 is 17.5 Å². The SMILES string of the molecule is CCOC(=O)C1CCCN(C[C@H](NC(=O)c2c(C)nc3c(OCC)cccn23)c2ccccc2)C1. The average molecular weight is 479 g/mol. The second-order valence-electron chi connectivity index (χ2n) is 8.83. The van der Waals surface area contributed by atoms with Crippen molar-refractivity contribution in [3.8, 4) is 5.75 Å². The summed E-state index contributed by atoms with van der Waals surface area (Å²) in [6.07, 6.45) is 3.59. The molecule has 35 heavy (non-hydrogen) atoms. The number of ether oxygens (including phenoxy) is 2. The summed E-state index contributed by atoms with van der Waals surface area (Å²) in [4.78, 5) is 32.8. The van der Waals surface area contributed by atoms with Gasteiger partial charge in [-0.25, -0.2) is 4.98 Å². The lowest BCUT2D eigenvalue weighted by Crippen LogP contribution is -2.44. The lowest BCUT2D eigenvalue weighted by molar-refractivity contribution is -0.150. The highest BCUT2D eigenvalue weighted by molar-refractivity contribution is 5.95. The molecule has 0 aliphatic carbocycles. The summed E-state index contributed by atoms with van der Waals surface area (Å²) in [7, 11) is 0. The molecule has 8 heteroatoms. The quantitative estimate of drug-likeness (QED) is 0.471. The lowest BCUT2D eigenvalue weighted by atomic mass is 9.97. The third-order valence-corrected chi connectivity index (χ3v) is 6.38. The van der Waals surface area contributed by atoms with Gasteiger partial charge in [-0.15, -0.1) is 0 Å². The molecule has 1 unspecified atom stereocenters. The van der Waals surface area contributed by atoms with Crippen LogP contribution in [0, 0.1) is 12.8 Å². The van der Waals surface area contributed by atoms with E-state index in [1.54, 1.807) is 4.40 Å². The number of rotatable bonds is 9. The van der Waals surface area contributed by atoms with Crippen molar-refractivity contribution in [1.82, 2.24) is 19.6 Å². The highest BCUT2D eigenvalue weighted by Crippen LogP contribution is 2.25. The fourth-order valence-corrected chi connectivity index (χ4v) is 4.78. The number of aromatic nitrogens is 2. The van der Waals surface area contributed by atoms with Gasteiger partial charge in [-0.05, 0) is 57.9 Å². The predicted octanol–water partition coefficient (Wildman–Crippen LogP) is 3.79. The average Bonchev–Trinajstić information content (AvgIpc) is 3.21. The zero-order valence-electron chi connectivity index (χ0n) is 20.7. The topological polar surface area (TPSA) is 85.2 Å². The number of nitrogens with zero attached hydrogens (tertiary/aromatic N) is 3. The van der Waals surface area contributed by atoms with Crippen LogP contribution >= 0.6 is 0 Å². The largest absolute Gasteiger partial charge is 0.490 e. The van der Waals surface area contributed by atoms with E-state index in [4.69, 9.17) is 9.47 Å². The number of likely N-dealkylation sites (tertiary alicyclic amines) is 1. The van der Waals surface area contributed by atoms with Crippen molar-refractivity contribution in [1.29, 1.82) is 0 Å². The van der Waals surface area contributed by atoms with Gasteiger partial charge in [-0.3, -0.25) is 14.0 Å². The zero-order valence-corrected chi connectivity index (χ0v) is 20.7. The molecule has 0 radical (unpaired) electrons. The van der Waals surface area contributed by atoms with Crippen LogP contribution in [0.2, 0.25) is 0 Å². The molecular weight excluding hydrogens is 444 g/mol. The summed E-state index contributed by atoms with van der Waals surface area (Å²) in [5.74, 6) is 0.185. The number of aryl methyl sites for hydroxylation is 1. The highest BCUT2D eigenvalue weighted by Gasteiger charge is 2.30. The van der Waals surface area contributed by atoms with Crippen LogP contribution in [0.25, 0.3) is 5.65 Å². The molecule has 4 rings (SSSR count). The first kappa shape index (κ1) is 24.7. The number of fused-ring (bicyclic) bond motifs is 1. The van der Waals surface area contributed by atoms with Gasteiger partial charge in [0.25, 0.3) is 5.91 Å². The van der Waals surface area contributed by atoms with Gasteiger partial charge >= 0.3 is 5.97 Å². The van der Waals surface area contributed by atoms with Crippen molar-refractivity contribution in [2.75, 3.05) is 32.8 Å². The van der Waals surface area contributed by atoms with E-state index in [-0.39, 0.29) is 23.8 Å². The second-order valence-corrected chi connectivity index (χ2v) is 8.83. The van der Waals surface area contributed by atoms with Gasteiger partial charge < -0.3 is 19.7 Å². The van der Waals surface area contributed by atoms with Gasteiger partial charge in [0, 0.05) is 19.3 Å². The Bertz CT molecular complexity index is 1160. The number of hydrogen-bond acceptors (Lipinski definition) is 6. The number of benzene rings is 1. The summed E-state index contributed by atoms with van der Waals surface area (Å²) in [6.45, 7) is 8.61. The molecule has 1 fully saturated rings. The van der Waals surface area contributed by atoms with E-state index in [1.165, 1.54) is 0 Å². The number of amides is 1. The molecule has 0 bridgehead atoms. The van der Waals surface area contributed by atoms with Crippen LogP contribution in [0.15, 0.2) is 48.7 Å². The molecule has 1 saturated heterocycles.